The van der Waals surface area contributed by atoms with E-state index >= 15 is 0 Å². The summed E-state index contributed by atoms with van der Waals surface area (Å²) in [7, 11) is 0. The van der Waals surface area contributed by atoms with Gasteiger partial charge in [-0.1, -0.05) is 115 Å². The maximum Gasteiger partial charge on any atom is 0.164 e. The van der Waals surface area contributed by atoms with Gasteiger partial charge in [-0.2, -0.15) is 5.26 Å². The molecule has 0 saturated heterocycles. The number of benzene rings is 6. The molecule has 10 rings (SSSR count). The summed E-state index contributed by atoms with van der Waals surface area (Å²) in [6, 6.07) is 51.1. The highest BCUT2D eigenvalue weighted by Crippen LogP contribution is 2.43. The van der Waals surface area contributed by atoms with E-state index in [-0.39, 0.29) is 0 Å². The van der Waals surface area contributed by atoms with Gasteiger partial charge in [0.2, 0.25) is 0 Å². The van der Waals surface area contributed by atoms with Crippen molar-refractivity contribution in [3.05, 3.63) is 151 Å². The standard InChI is InChI=1S/C44H24N6S2/c45-25-26-11-9-16-29(23-26)38-40-39(32-17-7-8-19-34(32)52-40)47-43(46-38)30-21-22-31-36(24-30)51-35-20-10-18-33(37(31)35)44-49-41(27-12-3-1-4-13-27)48-42(50-44)28-14-5-2-6-15-28/h1-24H. The molecule has 0 aliphatic rings. The number of nitriles is 1. The molecule has 4 heterocycles. The molecule has 0 saturated carbocycles. The highest BCUT2D eigenvalue weighted by atomic mass is 32.1. The third-order valence-electron chi connectivity index (χ3n) is 9.18. The van der Waals surface area contributed by atoms with E-state index in [9.17, 15) is 5.26 Å². The monoisotopic (exact) mass is 700 g/mol. The summed E-state index contributed by atoms with van der Waals surface area (Å²) < 4.78 is 4.42. The van der Waals surface area contributed by atoms with Gasteiger partial charge in [0.15, 0.2) is 23.3 Å². The molecule has 0 fully saturated rings. The summed E-state index contributed by atoms with van der Waals surface area (Å²) >= 11 is 3.42. The molecule has 10 aromatic rings. The van der Waals surface area contributed by atoms with Gasteiger partial charge >= 0.3 is 0 Å². The van der Waals surface area contributed by atoms with Gasteiger partial charge in [-0.25, -0.2) is 24.9 Å². The van der Waals surface area contributed by atoms with Crippen LogP contribution in [0.4, 0.5) is 0 Å². The van der Waals surface area contributed by atoms with Crippen LogP contribution in [0.1, 0.15) is 5.56 Å². The largest absolute Gasteiger partial charge is 0.226 e. The summed E-state index contributed by atoms with van der Waals surface area (Å²) in [5, 5.41) is 13.0. The van der Waals surface area contributed by atoms with Gasteiger partial charge < -0.3 is 0 Å². The fourth-order valence-electron chi connectivity index (χ4n) is 6.73. The van der Waals surface area contributed by atoms with Gasteiger partial charge in [0.25, 0.3) is 0 Å². The molecule has 0 amide bonds. The molecule has 8 heteroatoms. The van der Waals surface area contributed by atoms with Crippen molar-refractivity contribution in [1.82, 2.24) is 24.9 Å². The Morgan fingerprint density at radius 2 is 1.10 bits per heavy atom. The average Bonchev–Trinajstić information content (AvgIpc) is 3.79. The lowest BCUT2D eigenvalue weighted by atomic mass is 10.0. The summed E-state index contributed by atoms with van der Waals surface area (Å²) in [5.41, 5.74) is 6.99. The van der Waals surface area contributed by atoms with Crippen LogP contribution in [0.2, 0.25) is 0 Å². The van der Waals surface area contributed by atoms with Crippen LogP contribution in [0.25, 0.3) is 97.3 Å². The quantitative estimate of drug-likeness (QED) is 0.178. The van der Waals surface area contributed by atoms with Crippen LogP contribution in [-0.2, 0) is 0 Å². The second-order valence-electron chi connectivity index (χ2n) is 12.4. The second kappa shape index (κ2) is 12.3. The SMILES string of the molecule is N#Cc1cccc(-c2nc(-c3ccc4c(c3)sc3cccc(-c5nc(-c6ccccc6)nc(-c6ccccc6)n5)c34)nc3c2sc2ccccc23)c1. The minimum Gasteiger partial charge on any atom is -0.226 e. The van der Waals surface area contributed by atoms with Gasteiger partial charge in [0, 0.05) is 58.1 Å². The zero-order valence-electron chi connectivity index (χ0n) is 27.4. The van der Waals surface area contributed by atoms with Gasteiger partial charge in [-0.05, 0) is 30.3 Å². The van der Waals surface area contributed by atoms with Gasteiger partial charge in [-0.3, -0.25) is 0 Å². The molecule has 0 spiro atoms. The van der Waals surface area contributed by atoms with Crippen molar-refractivity contribution in [2.45, 2.75) is 0 Å². The maximum atomic E-state index is 9.66. The molecule has 0 aliphatic carbocycles. The van der Waals surface area contributed by atoms with Crippen molar-refractivity contribution in [2.24, 2.45) is 0 Å². The zero-order valence-corrected chi connectivity index (χ0v) is 29.0. The van der Waals surface area contributed by atoms with Crippen LogP contribution in [0.15, 0.2) is 146 Å². The maximum absolute atomic E-state index is 9.66. The number of hydrogen-bond donors (Lipinski definition) is 0. The topological polar surface area (TPSA) is 88.2 Å². The lowest BCUT2D eigenvalue weighted by Crippen LogP contribution is -2.00. The normalized spacial score (nSPS) is 11.4. The lowest BCUT2D eigenvalue weighted by molar-refractivity contribution is 1.08. The molecule has 6 aromatic carbocycles. The van der Waals surface area contributed by atoms with Crippen molar-refractivity contribution in [1.29, 1.82) is 5.26 Å². The average molecular weight is 701 g/mol. The van der Waals surface area contributed by atoms with Gasteiger partial charge in [0.05, 0.1) is 27.5 Å². The summed E-state index contributed by atoms with van der Waals surface area (Å²) in [6.07, 6.45) is 0. The Morgan fingerprint density at radius 3 is 1.87 bits per heavy atom. The Kier molecular flexibility index (Phi) is 7.13. The van der Waals surface area contributed by atoms with Gasteiger partial charge in [-0.15, -0.1) is 22.7 Å². The molecule has 0 aliphatic heterocycles. The van der Waals surface area contributed by atoms with E-state index in [1.54, 1.807) is 22.7 Å². The number of aromatic nitrogens is 5. The first-order valence-electron chi connectivity index (χ1n) is 16.7. The molecule has 4 aromatic heterocycles. The first-order valence-corrected chi connectivity index (χ1v) is 18.4. The van der Waals surface area contributed by atoms with Crippen molar-refractivity contribution < 1.29 is 0 Å². The van der Waals surface area contributed by atoms with Crippen LogP contribution in [0, 0.1) is 11.3 Å². The highest BCUT2D eigenvalue weighted by molar-refractivity contribution is 7.26. The number of hydrogen-bond acceptors (Lipinski definition) is 8. The fourth-order valence-corrected chi connectivity index (χ4v) is 9.06. The van der Waals surface area contributed by atoms with Crippen molar-refractivity contribution >= 4 is 63.1 Å². The molecule has 0 bridgehead atoms. The van der Waals surface area contributed by atoms with Crippen LogP contribution in [0.5, 0.6) is 0 Å². The van der Waals surface area contributed by atoms with Gasteiger partial charge in [0.1, 0.15) is 0 Å². The number of nitrogens with zero attached hydrogens (tertiary/aromatic N) is 6. The van der Waals surface area contributed by atoms with E-state index in [0.717, 1.165) is 74.0 Å². The van der Waals surface area contributed by atoms with Crippen molar-refractivity contribution in [3.63, 3.8) is 0 Å². The van der Waals surface area contributed by atoms with E-state index in [2.05, 4.69) is 54.6 Å². The smallest absolute Gasteiger partial charge is 0.164 e. The summed E-state index contributed by atoms with van der Waals surface area (Å²) in [4.78, 5) is 25.3. The molecule has 6 nitrogen and oxygen atoms in total. The molecular weight excluding hydrogens is 677 g/mol. The lowest BCUT2D eigenvalue weighted by Gasteiger charge is -2.10. The number of rotatable bonds is 5. The van der Waals surface area contributed by atoms with E-state index in [0.29, 0.717) is 28.9 Å². The first-order chi connectivity index (χ1) is 25.7. The van der Waals surface area contributed by atoms with Crippen LogP contribution >= 0.6 is 22.7 Å². The predicted molar refractivity (Wildman–Crippen MR) is 213 cm³/mol. The summed E-state index contributed by atoms with van der Waals surface area (Å²) in [6.45, 7) is 0. The Balaban J connectivity index is 1.16. The first kappa shape index (κ1) is 30.2. The Morgan fingerprint density at radius 1 is 0.442 bits per heavy atom. The number of fused-ring (bicyclic) bond motifs is 6. The molecule has 0 N–H and O–H groups in total. The molecule has 52 heavy (non-hydrogen) atoms. The number of thiophene rings is 2. The van der Waals surface area contributed by atoms with Crippen LogP contribution < -0.4 is 0 Å². The highest BCUT2D eigenvalue weighted by Gasteiger charge is 2.20. The Labute approximate surface area is 306 Å². The molecule has 242 valence electrons. The van der Waals surface area contributed by atoms with Crippen LogP contribution in [-0.4, -0.2) is 24.9 Å². The summed E-state index contributed by atoms with van der Waals surface area (Å²) in [5.74, 6) is 2.54. The minimum atomic E-state index is 0.597. The minimum absolute atomic E-state index is 0.597. The second-order valence-corrected chi connectivity index (χ2v) is 14.5. The predicted octanol–water partition coefficient (Wildman–Crippen LogP) is 11.6. The third-order valence-corrected chi connectivity index (χ3v) is 11.5. The molecule has 0 atom stereocenters. The molecular formula is C44H24N6S2. The van der Waals surface area contributed by atoms with Crippen LogP contribution in [0.3, 0.4) is 0 Å². The zero-order chi connectivity index (χ0) is 34.6. The van der Waals surface area contributed by atoms with E-state index < -0.39 is 0 Å². The molecule has 0 unspecified atom stereocenters. The fraction of sp³-hybridized carbons (Fsp3) is 0. The Bertz CT molecular complexity index is 2980. The van der Waals surface area contributed by atoms with E-state index in [1.165, 1.54) is 0 Å². The molecule has 0 radical (unpaired) electrons. The third kappa shape index (κ3) is 5.11. The van der Waals surface area contributed by atoms with E-state index in [4.69, 9.17) is 24.9 Å². The Hall–Kier alpha value is -6.66. The van der Waals surface area contributed by atoms with Crippen molar-refractivity contribution in [3.8, 4) is 62.9 Å². The van der Waals surface area contributed by atoms with E-state index in [1.807, 2.05) is 97.1 Å². The van der Waals surface area contributed by atoms with Crippen molar-refractivity contribution in [2.75, 3.05) is 0 Å².